The van der Waals surface area contributed by atoms with Gasteiger partial charge in [-0.15, -0.1) is 0 Å². The zero-order valence-corrected chi connectivity index (χ0v) is 11.4. The molecule has 0 bridgehead atoms. The Kier molecular flexibility index (Phi) is 4.20. The highest BCUT2D eigenvalue weighted by Crippen LogP contribution is 2.25. The van der Waals surface area contributed by atoms with Crippen molar-refractivity contribution in [3.8, 4) is 0 Å². The largest absolute Gasteiger partial charge is 0.322 e. The molecule has 2 unspecified atom stereocenters. The van der Waals surface area contributed by atoms with Crippen LogP contribution in [-0.2, 0) is 0 Å². The fourth-order valence-corrected chi connectivity index (χ4v) is 2.62. The summed E-state index contributed by atoms with van der Waals surface area (Å²) < 4.78 is 39.5. The summed E-state index contributed by atoms with van der Waals surface area (Å²) in [5, 5.41) is 2.31. The summed E-state index contributed by atoms with van der Waals surface area (Å²) in [7, 11) is 0. The van der Waals surface area contributed by atoms with Gasteiger partial charge in [-0.05, 0) is 45.2 Å². The summed E-state index contributed by atoms with van der Waals surface area (Å²) in [6.45, 7) is 3.83. The Morgan fingerprint density at radius 3 is 2.35 bits per heavy atom. The van der Waals surface area contributed by atoms with E-state index in [4.69, 9.17) is 0 Å². The molecule has 1 N–H and O–H groups in total. The van der Waals surface area contributed by atoms with E-state index in [-0.39, 0.29) is 17.8 Å². The van der Waals surface area contributed by atoms with E-state index in [0.717, 1.165) is 31.4 Å². The van der Waals surface area contributed by atoms with Crippen molar-refractivity contribution in [2.24, 2.45) is 0 Å². The molecule has 6 heteroatoms. The maximum atomic E-state index is 13.5. The number of hydrogen-bond donors (Lipinski definition) is 1. The van der Waals surface area contributed by atoms with Gasteiger partial charge in [0, 0.05) is 12.1 Å². The Hall–Kier alpha value is -1.72. The number of carbonyl (C=O) groups is 1. The number of hydrogen-bond acceptors (Lipinski definition) is 1. The van der Waals surface area contributed by atoms with Crippen molar-refractivity contribution >= 4 is 11.7 Å². The van der Waals surface area contributed by atoms with Crippen LogP contribution in [0.4, 0.5) is 23.7 Å². The predicted octanol–water partition coefficient (Wildman–Crippen LogP) is 3.90. The van der Waals surface area contributed by atoms with Crippen LogP contribution in [0.15, 0.2) is 12.1 Å². The first-order valence-corrected chi connectivity index (χ1v) is 6.64. The van der Waals surface area contributed by atoms with E-state index in [1.54, 1.807) is 4.90 Å². The van der Waals surface area contributed by atoms with Crippen LogP contribution >= 0.6 is 0 Å². The summed E-state index contributed by atoms with van der Waals surface area (Å²) >= 11 is 0. The number of benzene rings is 1. The standard InChI is InChI=1S/C14H17F3N2O/c1-8-4-3-5-9(2)19(8)14(20)18-11-7-6-10(15)12(16)13(11)17/h6-9H,3-5H2,1-2H3,(H,18,20). The number of urea groups is 1. The van der Waals surface area contributed by atoms with Gasteiger partial charge in [0.05, 0.1) is 5.69 Å². The van der Waals surface area contributed by atoms with Gasteiger partial charge in [0.25, 0.3) is 0 Å². The highest BCUT2D eigenvalue weighted by molar-refractivity contribution is 5.90. The number of rotatable bonds is 1. The zero-order chi connectivity index (χ0) is 14.9. The van der Waals surface area contributed by atoms with E-state index in [9.17, 15) is 18.0 Å². The fourth-order valence-electron chi connectivity index (χ4n) is 2.62. The molecule has 1 heterocycles. The number of nitrogens with one attached hydrogen (secondary N) is 1. The molecule has 1 fully saturated rings. The van der Waals surface area contributed by atoms with Gasteiger partial charge in [-0.25, -0.2) is 18.0 Å². The van der Waals surface area contributed by atoms with Gasteiger partial charge in [0.1, 0.15) is 0 Å². The molecule has 2 amide bonds. The third-order valence-corrected chi connectivity index (χ3v) is 3.70. The van der Waals surface area contributed by atoms with Crippen LogP contribution in [0.5, 0.6) is 0 Å². The Morgan fingerprint density at radius 2 is 1.75 bits per heavy atom. The normalized spacial score (nSPS) is 22.8. The van der Waals surface area contributed by atoms with Crippen molar-refractivity contribution in [2.45, 2.75) is 45.2 Å². The minimum Gasteiger partial charge on any atom is -0.319 e. The number of likely N-dealkylation sites (tertiary alicyclic amines) is 1. The first-order valence-electron chi connectivity index (χ1n) is 6.64. The Bertz CT molecular complexity index is 511. The first kappa shape index (κ1) is 14.7. The Balaban J connectivity index is 2.17. The molecule has 0 aliphatic carbocycles. The van der Waals surface area contributed by atoms with E-state index >= 15 is 0 Å². The first-order chi connectivity index (χ1) is 9.41. The van der Waals surface area contributed by atoms with Crippen LogP contribution in [0.1, 0.15) is 33.1 Å². The van der Waals surface area contributed by atoms with Gasteiger partial charge >= 0.3 is 6.03 Å². The molecule has 1 aliphatic rings. The second-order valence-corrected chi connectivity index (χ2v) is 5.19. The number of halogens is 3. The van der Waals surface area contributed by atoms with Gasteiger partial charge in [-0.1, -0.05) is 0 Å². The highest BCUT2D eigenvalue weighted by atomic mass is 19.2. The molecule has 0 radical (unpaired) electrons. The van der Waals surface area contributed by atoms with Crippen LogP contribution in [-0.4, -0.2) is 23.0 Å². The molecular formula is C14H17F3N2O. The Morgan fingerprint density at radius 1 is 1.15 bits per heavy atom. The molecule has 1 saturated heterocycles. The van der Waals surface area contributed by atoms with Crippen molar-refractivity contribution < 1.29 is 18.0 Å². The molecule has 3 nitrogen and oxygen atoms in total. The molecule has 2 atom stereocenters. The minimum atomic E-state index is -1.58. The molecule has 110 valence electrons. The maximum Gasteiger partial charge on any atom is 0.322 e. The summed E-state index contributed by atoms with van der Waals surface area (Å²) in [5.41, 5.74) is -0.348. The zero-order valence-electron chi connectivity index (χ0n) is 11.4. The van der Waals surface area contributed by atoms with Gasteiger partial charge in [0.2, 0.25) is 0 Å². The van der Waals surface area contributed by atoms with Crippen LogP contribution < -0.4 is 5.32 Å². The second-order valence-electron chi connectivity index (χ2n) is 5.19. The van der Waals surface area contributed by atoms with Crippen molar-refractivity contribution in [1.29, 1.82) is 0 Å². The van der Waals surface area contributed by atoms with Gasteiger partial charge < -0.3 is 10.2 Å². The Labute approximate surface area is 115 Å². The predicted molar refractivity (Wildman–Crippen MR) is 69.9 cm³/mol. The number of nitrogens with zero attached hydrogens (tertiary/aromatic N) is 1. The number of amides is 2. The van der Waals surface area contributed by atoms with Crippen LogP contribution in [0, 0.1) is 17.5 Å². The van der Waals surface area contributed by atoms with E-state index in [1.807, 2.05) is 13.8 Å². The van der Waals surface area contributed by atoms with Gasteiger partial charge in [-0.2, -0.15) is 0 Å². The maximum absolute atomic E-state index is 13.5. The van der Waals surface area contributed by atoms with Crippen LogP contribution in [0.25, 0.3) is 0 Å². The average Bonchev–Trinajstić information content (AvgIpc) is 2.39. The lowest BCUT2D eigenvalue weighted by Crippen LogP contribution is -2.49. The highest BCUT2D eigenvalue weighted by Gasteiger charge is 2.29. The van der Waals surface area contributed by atoms with Crippen molar-refractivity contribution in [3.05, 3.63) is 29.6 Å². The fraction of sp³-hybridized carbons (Fsp3) is 0.500. The topological polar surface area (TPSA) is 32.3 Å². The van der Waals surface area contributed by atoms with Crippen molar-refractivity contribution in [1.82, 2.24) is 4.90 Å². The smallest absolute Gasteiger partial charge is 0.319 e. The van der Waals surface area contributed by atoms with Crippen LogP contribution in [0.2, 0.25) is 0 Å². The molecule has 0 aromatic heterocycles. The summed E-state index contributed by atoms with van der Waals surface area (Å²) in [4.78, 5) is 13.8. The third kappa shape index (κ3) is 2.73. The van der Waals surface area contributed by atoms with E-state index in [0.29, 0.717) is 0 Å². The van der Waals surface area contributed by atoms with E-state index < -0.39 is 23.5 Å². The van der Waals surface area contributed by atoms with E-state index in [2.05, 4.69) is 5.32 Å². The molecule has 0 saturated carbocycles. The average molecular weight is 286 g/mol. The summed E-state index contributed by atoms with van der Waals surface area (Å²) in [6, 6.07) is 1.39. The van der Waals surface area contributed by atoms with E-state index in [1.165, 1.54) is 0 Å². The lowest BCUT2D eigenvalue weighted by atomic mass is 9.98. The van der Waals surface area contributed by atoms with Gasteiger partial charge in [0.15, 0.2) is 17.5 Å². The lowest BCUT2D eigenvalue weighted by Gasteiger charge is -2.38. The van der Waals surface area contributed by atoms with Crippen molar-refractivity contribution in [2.75, 3.05) is 5.32 Å². The molecule has 0 spiro atoms. The molecule has 20 heavy (non-hydrogen) atoms. The molecule has 1 aliphatic heterocycles. The summed E-state index contributed by atoms with van der Waals surface area (Å²) in [5.74, 6) is -4.24. The number of piperidine rings is 1. The minimum absolute atomic E-state index is 0.0344. The molecular weight excluding hydrogens is 269 g/mol. The molecule has 2 rings (SSSR count). The number of carbonyl (C=O) groups excluding carboxylic acids is 1. The second kappa shape index (κ2) is 5.73. The van der Waals surface area contributed by atoms with Gasteiger partial charge in [-0.3, -0.25) is 0 Å². The number of anilines is 1. The molecule has 1 aromatic carbocycles. The lowest BCUT2D eigenvalue weighted by molar-refractivity contribution is 0.133. The molecule has 1 aromatic rings. The summed E-state index contributed by atoms with van der Waals surface area (Å²) in [6.07, 6.45) is 2.78. The SMILES string of the molecule is CC1CCCC(C)N1C(=O)Nc1ccc(F)c(F)c1F. The quantitative estimate of drug-likeness (QED) is 0.780. The van der Waals surface area contributed by atoms with Crippen molar-refractivity contribution in [3.63, 3.8) is 0 Å². The monoisotopic (exact) mass is 286 g/mol. The third-order valence-electron chi connectivity index (χ3n) is 3.70. The van der Waals surface area contributed by atoms with Crippen LogP contribution in [0.3, 0.4) is 0 Å².